The average molecular weight is 243 g/mol. The highest BCUT2D eigenvalue weighted by Crippen LogP contribution is 2.43. The Morgan fingerprint density at radius 3 is 2.71 bits per heavy atom. The largest absolute Gasteiger partial charge is 0.435 e. The van der Waals surface area contributed by atoms with Crippen molar-refractivity contribution in [1.29, 1.82) is 5.26 Å². The fraction of sp³-hybridized carbons (Fsp3) is 0.636. The van der Waals surface area contributed by atoms with E-state index in [1.807, 2.05) is 6.07 Å². The van der Waals surface area contributed by atoms with Crippen LogP contribution < -0.4 is 0 Å². The van der Waals surface area contributed by atoms with Crippen LogP contribution in [0.15, 0.2) is 6.07 Å². The zero-order valence-corrected chi connectivity index (χ0v) is 9.33. The Morgan fingerprint density at radius 1 is 1.59 bits per heavy atom. The van der Waals surface area contributed by atoms with Crippen molar-refractivity contribution in [3.63, 3.8) is 0 Å². The highest BCUT2D eigenvalue weighted by atomic mass is 19.4. The van der Waals surface area contributed by atoms with E-state index in [0.717, 1.165) is 18.9 Å². The summed E-state index contributed by atoms with van der Waals surface area (Å²) in [6.07, 6.45) is -2.44. The second-order valence-corrected chi connectivity index (χ2v) is 4.38. The van der Waals surface area contributed by atoms with E-state index in [-0.39, 0.29) is 18.4 Å². The predicted octanol–water partition coefficient (Wildman–Crippen LogP) is 3.25. The van der Waals surface area contributed by atoms with Crippen LogP contribution in [0.4, 0.5) is 13.2 Å². The highest BCUT2D eigenvalue weighted by Gasteiger charge is 2.38. The molecule has 1 atom stereocenters. The molecule has 1 unspecified atom stereocenters. The van der Waals surface area contributed by atoms with Gasteiger partial charge in [0.05, 0.1) is 18.5 Å². The van der Waals surface area contributed by atoms with Gasteiger partial charge in [-0.25, -0.2) is 0 Å². The molecule has 0 aliphatic heterocycles. The van der Waals surface area contributed by atoms with Gasteiger partial charge in [-0.05, 0) is 25.8 Å². The maximum atomic E-state index is 12.6. The van der Waals surface area contributed by atoms with Crippen LogP contribution >= 0.6 is 0 Å². The van der Waals surface area contributed by atoms with Gasteiger partial charge in [0, 0.05) is 11.6 Å². The molecule has 1 heterocycles. The molecule has 1 aromatic rings. The van der Waals surface area contributed by atoms with Crippen LogP contribution in [-0.2, 0) is 6.18 Å². The van der Waals surface area contributed by atoms with Crippen LogP contribution in [-0.4, -0.2) is 9.78 Å². The molecule has 92 valence electrons. The molecule has 1 aliphatic rings. The van der Waals surface area contributed by atoms with E-state index in [1.165, 1.54) is 4.68 Å². The van der Waals surface area contributed by atoms with Crippen molar-refractivity contribution < 1.29 is 13.2 Å². The normalized spacial score (nSPS) is 17.8. The third kappa shape index (κ3) is 2.43. The predicted molar refractivity (Wildman–Crippen MR) is 54.1 cm³/mol. The molecular formula is C11H12F3N3. The van der Waals surface area contributed by atoms with Crippen molar-refractivity contribution in [1.82, 2.24) is 9.78 Å². The van der Waals surface area contributed by atoms with Crippen LogP contribution in [0.1, 0.15) is 49.5 Å². The molecule has 3 nitrogen and oxygen atoms in total. The Kier molecular flexibility index (Phi) is 2.86. The lowest BCUT2D eigenvalue weighted by Gasteiger charge is -2.12. The van der Waals surface area contributed by atoms with Crippen molar-refractivity contribution in [3.05, 3.63) is 17.5 Å². The van der Waals surface area contributed by atoms with Crippen LogP contribution in [0.3, 0.4) is 0 Å². The molecule has 1 fully saturated rings. The number of alkyl halides is 3. The summed E-state index contributed by atoms with van der Waals surface area (Å²) >= 11 is 0. The molecule has 17 heavy (non-hydrogen) atoms. The molecule has 0 N–H and O–H groups in total. The molecule has 1 saturated carbocycles. The number of rotatable bonds is 3. The number of halogens is 3. The number of nitriles is 1. The molecule has 0 radical (unpaired) electrons. The van der Waals surface area contributed by atoms with Gasteiger partial charge in [0.2, 0.25) is 0 Å². The molecule has 2 rings (SSSR count). The zero-order valence-electron chi connectivity index (χ0n) is 9.33. The van der Waals surface area contributed by atoms with Gasteiger partial charge in [0.15, 0.2) is 5.69 Å². The van der Waals surface area contributed by atoms with E-state index in [4.69, 9.17) is 5.26 Å². The number of nitrogens with zero attached hydrogens (tertiary/aromatic N) is 3. The summed E-state index contributed by atoms with van der Waals surface area (Å²) in [6, 6.07) is 2.76. The summed E-state index contributed by atoms with van der Waals surface area (Å²) in [5.74, 6) is 0.180. The van der Waals surface area contributed by atoms with Gasteiger partial charge in [0.1, 0.15) is 0 Å². The summed E-state index contributed by atoms with van der Waals surface area (Å²) in [5.41, 5.74) is -0.246. The smallest absolute Gasteiger partial charge is 0.265 e. The molecule has 0 amide bonds. The molecule has 0 spiro atoms. The van der Waals surface area contributed by atoms with E-state index in [9.17, 15) is 13.2 Å². The number of hydrogen-bond donors (Lipinski definition) is 0. The maximum absolute atomic E-state index is 12.6. The van der Waals surface area contributed by atoms with Gasteiger partial charge in [0.25, 0.3) is 0 Å². The number of aromatic nitrogens is 2. The lowest BCUT2D eigenvalue weighted by molar-refractivity contribution is -0.141. The Morgan fingerprint density at radius 2 is 2.24 bits per heavy atom. The van der Waals surface area contributed by atoms with Crippen molar-refractivity contribution in [2.24, 2.45) is 0 Å². The highest BCUT2D eigenvalue weighted by molar-refractivity contribution is 5.21. The SMILES string of the molecule is CC(CC#N)n1nc(C(F)(F)F)cc1C1CC1. The molecule has 0 bridgehead atoms. The first kappa shape index (κ1) is 12.0. The Balaban J connectivity index is 2.36. The van der Waals surface area contributed by atoms with Crippen LogP contribution in [0, 0.1) is 11.3 Å². The van der Waals surface area contributed by atoms with Gasteiger partial charge in [-0.15, -0.1) is 0 Å². The molecular weight excluding hydrogens is 231 g/mol. The van der Waals surface area contributed by atoms with E-state index < -0.39 is 11.9 Å². The second-order valence-electron chi connectivity index (χ2n) is 4.38. The van der Waals surface area contributed by atoms with Gasteiger partial charge >= 0.3 is 6.18 Å². The first-order chi connectivity index (χ1) is 7.93. The van der Waals surface area contributed by atoms with Gasteiger partial charge in [-0.2, -0.15) is 23.5 Å². The average Bonchev–Trinajstić information content (AvgIpc) is 2.95. The molecule has 0 aromatic carbocycles. The summed E-state index contributed by atoms with van der Waals surface area (Å²) in [5, 5.41) is 12.2. The van der Waals surface area contributed by atoms with Gasteiger partial charge in [-0.1, -0.05) is 0 Å². The van der Waals surface area contributed by atoms with E-state index in [1.54, 1.807) is 6.92 Å². The van der Waals surface area contributed by atoms with Gasteiger partial charge in [-0.3, -0.25) is 4.68 Å². The van der Waals surface area contributed by atoms with Gasteiger partial charge < -0.3 is 0 Å². The third-order valence-electron chi connectivity index (χ3n) is 2.85. The Bertz CT molecular complexity index is 452. The summed E-state index contributed by atoms with van der Waals surface area (Å²) in [7, 11) is 0. The molecule has 0 saturated heterocycles. The molecule has 1 aromatic heterocycles. The van der Waals surface area contributed by atoms with E-state index in [2.05, 4.69) is 5.10 Å². The van der Waals surface area contributed by atoms with Crippen molar-refractivity contribution in [2.45, 2.75) is 44.3 Å². The maximum Gasteiger partial charge on any atom is 0.435 e. The van der Waals surface area contributed by atoms with E-state index in [0.29, 0.717) is 5.69 Å². The van der Waals surface area contributed by atoms with Crippen LogP contribution in [0.25, 0.3) is 0 Å². The molecule has 1 aliphatic carbocycles. The summed E-state index contributed by atoms with van der Waals surface area (Å²) in [4.78, 5) is 0. The lowest BCUT2D eigenvalue weighted by Crippen LogP contribution is -2.12. The van der Waals surface area contributed by atoms with Crippen LogP contribution in [0.2, 0.25) is 0 Å². The molecule has 6 heteroatoms. The second kappa shape index (κ2) is 4.06. The first-order valence-corrected chi connectivity index (χ1v) is 5.47. The zero-order chi connectivity index (χ0) is 12.6. The monoisotopic (exact) mass is 243 g/mol. The minimum Gasteiger partial charge on any atom is -0.265 e. The summed E-state index contributed by atoms with van der Waals surface area (Å²) < 4.78 is 39.1. The standard InChI is InChI=1S/C11H12F3N3/c1-7(4-5-15)17-9(8-2-3-8)6-10(16-17)11(12,13)14/h6-8H,2-4H2,1H3. The van der Waals surface area contributed by atoms with Crippen molar-refractivity contribution in [3.8, 4) is 6.07 Å². The summed E-state index contributed by atoms with van der Waals surface area (Å²) in [6.45, 7) is 1.71. The van der Waals surface area contributed by atoms with Crippen LogP contribution in [0.5, 0.6) is 0 Å². The Labute approximate surface area is 96.8 Å². The van der Waals surface area contributed by atoms with E-state index >= 15 is 0 Å². The van der Waals surface area contributed by atoms with Crippen molar-refractivity contribution in [2.75, 3.05) is 0 Å². The lowest BCUT2D eigenvalue weighted by atomic mass is 10.2. The quantitative estimate of drug-likeness (QED) is 0.817. The topological polar surface area (TPSA) is 41.6 Å². The fourth-order valence-electron chi connectivity index (χ4n) is 1.80. The van der Waals surface area contributed by atoms with Crippen molar-refractivity contribution >= 4 is 0 Å². The fourth-order valence-corrected chi connectivity index (χ4v) is 1.80. The Hall–Kier alpha value is -1.51. The first-order valence-electron chi connectivity index (χ1n) is 5.47. The minimum absolute atomic E-state index is 0.165. The third-order valence-corrected chi connectivity index (χ3v) is 2.85. The minimum atomic E-state index is -4.42. The number of hydrogen-bond acceptors (Lipinski definition) is 2.